The number of nitrogens with zero attached hydrogens (tertiary/aromatic N) is 1. The van der Waals surface area contributed by atoms with Crippen molar-refractivity contribution in [2.75, 3.05) is 20.6 Å². The molecule has 3 nitrogen and oxygen atoms in total. The summed E-state index contributed by atoms with van der Waals surface area (Å²) in [5.74, 6) is -0.348. The molecule has 0 aliphatic heterocycles. The Morgan fingerprint density at radius 2 is 1.93 bits per heavy atom. The zero-order valence-corrected chi connectivity index (χ0v) is 9.88. The fraction of sp³-hybridized carbons (Fsp3) is 0.364. The normalized spacial score (nSPS) is 9.80. The molecule has 1 aromatic carbocycles. The zero-order valence-electron chi connectivity index (χ0n) is 9.06. The van der Waals surface area contributed by atoms with Crippen LogP contribution in [0, 0.1) is 0 Å². The van der Waals surface area contributed by atoms with E-state index in [-0.39, 0.29) is 18.3 Å². The molecule has 0 aliphatic rings. The van der Waals surface area contributed by atoms with Crippen LogP contribution >= 0.6 is 12.4 Å². The summed E-state index contributed by atoms with van der Waals surface area (Å²) in [6, 6.07) is 7.48. The Kier molecular flexibility index (Phi) is 5.97. The minimum atomic E-state index is -0.348. The summed E-state index contributed by atoms with van der Waals surface area (Å²) in [7, 11) is 4.01. The lowest BCUT2D eigenvalue weighted by Crippen LogP contribution is -2.18. The number of likely N-dealkylation sites (N-methyl/N-ethyl adjacent to an activating group) is 1. The smallest absolute Gasteiger partial charge is 0.248 e. The highest BCUT2D eigenvalue weighted by Gasteiger charge is 2.06. The van der Waals surface area contributed by atoms with E-state index in [9.17, 15) is 4.79 Å². The quantitative estimate of drug-likeness (QED) is 0.845. The minimum Gasteiger partial charge on any atom is -0.366 e. The summed E-state index contributed by atoms with van der Waals surface area (Å²) in [5.41, 5.74) is 6.92. The van der Waals surface area contributed by atoms with Crippen LogP contribution in [-0.4, -0.2) is 31.4 Å². The Bertz CT molecular complexity index is 326. The summed E-state index contributed by atoms with van der Waals surface area (Å²) < 4.78 is 0. The van der Waals surface area contributed by atoms with Crippen molar-refractivity contribution in [3.05, 3.63) is 35.4 Å². The molecule has 84 valence electrons. The number of benzene rings is 1. The fourth-order valence-corrected chi connectivity index (χ4v) is 1.32. The zero-order chi connectivity index (χ0) is 10.6. The van der Waals surface area contributed by atoms with Crippen molar-refractivity contribution in [3.8, 4) is 0 Å². The number of carbonyl (C=O) groups excluding carboxylic acids is 1. The van der Waals surface area contributed by atoms with Gasteiger partial charge >= 0.3 is 0 Å². The Morgan fingerprint density at radius 1 is 1.33 bits per heavy atom. The molecular formula is C11H17ClN2O. The second-order valence-electron chi connectivity index (χ2n) is 3.57. The van der Waals surface area contributed by atoms with Crippen molar-refractivity contribution in [3.63, 3.8) is 0 Å². The molecule has 15 heavy (non-hydrogen) atoms. The molecule has 0 aromatic heterocycles. The molecule has 0 saturated carbocycles. The number of primary amides is 1. The predicted octanol–water partition coefficient (Wildman–Crippen LogP) is 1.31. The molecule has 0 atom stereocenters. The van der Waals surface area contributed by atoms with E-state index in [2.05, 4.69) is 4.90 Å². The molecule has 0 radical (unpaired) electrons. The second kappa shape index (κ2) is 6.43. The van der Waals surface area contributed by atoms with E-state index in [1.54, 1.807) is 6.07 Å². The number of nitrogens with two attached hydrogens (primary N) is 1. The number of hydrogen-bond donors (Lipinski definition) is 1. The lowest BCUT2D eigenvalue weighted by atomic mass is 10.0. The van der Waals surface area contributed by atoms with Gasteiger partial charge < -0.3 is 10.6 Å². The van der Waals surface area contributed by atoms with Gasteiger partial charge in [-0.05, 0) is 32.1 Å². The Morgan fingerprint density at radius 3 is 2.47 bits per heavy atom. The third kappa shape index (κ3) is 4.32. The Labute approximate surface area is 96.7 Å². The van der Waals surface area contributed by atoms with Crippen molar-refractivity contribution < 1.29 is 4.79 Å². The van der Waals surface area contributed by atoms with Crippen LogP contribution in [0.15, 0.2) is 24.3 Å². The first-order chi connectivity index (χ1) is 6.61. The van der Waals surface area contributed by atoms with E-state index in [4.69, 9.17) is 5.73 Å². The van der Waals surface area contributed by atoms with Crippen molar-refractivity contribution in [2.24, 2.45) is 5.73 Å². The number of hydrogen-bond acceptors (Lipinski definition) is 2. The van der Waals surface area contributed by atoms with Gasteiger partial charge in [0.15, 0.2) is 0 Å². The average Bonchev–Trinajstić information content (AvgIpc) is 2.15. The first kappa shape index (κ1) is 13.9. The maximum Gasteiger partial charge on any atom is 0.248 e. The molecule has 0 aliphatic carbocycles. The van der Waals surface area contributed by atoms with Crippen molar-refractivity contribution in [1.29, 1.82) is 0 Å². The maximum absolute atomic E-state index is 11.1. The Balaban J connectivity index is 0.00000196. The molecule has 1 rings (SSSR count). The molecule has 1 amide bonds. The molecular weight excluding hydrogens is 212 g/mol. The van der Waals surface area contributed by atoms with Crippen LogP contribution in [0.4, 0.5) is 0 Å². The molecule has 0 saturated heterocycles. The third-order valence-electron chi connectivity index (χ3n) is 2.11. The van der Waals surface area contributed by atoms with Gasteiger partial charge in [0.25, 0.3) is 0 Å². The summed E-state index contributed by atoms with van der Waals surface area (Å²) in [5, 5.41) is 0. The molecule has 0 spiro atoms. The highest BCUT2D eigenvalue weighted by molar-refractivity contribution is 5.94. The molecule has 4 heteroatoms. The van der Waals surface area contributed by atoms with Gasteiger partial charge in [0.2, 0.25) is 5.91 Å². The van der Waals surface area contributed by atoms with Crippen molar-refractivity contribution in [2.45, 2.75) is 6.42 Å². The lowest BCUT2D eigenvalue weighted by Gasteiger charge is -2.11. The van der Waals surface area contributed by atoms with E-state index in [1.165, 1.54) is 0 Å². The van der Waals surface area contributed by atoms with Crippen LogP contribution in [0.25, 0.3) is 0 Å². The van der Waals surface area contributed by atoms with E-state index < -0.39 is 0 Å². The van der Waals surface area contributed by atoms with E-state index in [0.29, 0.717) is 5.56 Å². The number of halogens is 1. The maximum atomic E-state index is 11.1. The molecule has 0 unspecified atom stereocenters. The highest BCUT2D eigenvalue weighted by atomic mass is 35.5. The highest BCUT2D eigenvalue weighted by Crippen LogP contribution is 2.08. The van der Waals surface area contributed by atoms with Gasteiger partial charge in [0.05, 0.1) is 0 Å². The molecule has 1 aromatic rings. The Hall–Kier alpha value is -1.06. The molecule has 0 fully saturated rings. The van der Waals surface area contributed by atoms with Crippen molar-refractivity contribution >= 4 is 18.3 Å². The van der Waals surface area contributed by atoms with E-state index in [1.807, 2.05) is 32.3 Å². The molecule has 0 bridgehead atoms. The largest absolute Gasteiger partial charge is 0.366 e. The van der Waals surface area contributed by atoms with Crippen molar-refractivity contribution in [1.82, 2.24) is 4.90 Å². The number of carbonyl (C=O) groups is 1. The predicted molar refractivity (Wildman–Crippen MR) is 64.5 cm³/mol. The van der Waals surface area contributed by atoms with Gasteiger partial charge in [-0.15, -0.1) is 12.4 Å². The van der Waals surface area contributed by atoms with Gasteiger partial charge in [-0.1, -0.05) is 18.2 Å². The standard InChI is InChI=1S/C11H16N2O.ClH/c1-13(2)8-7-9-5-3-4-6-10(9)11(12)14;/h3-6H,7-8H2,1-2H3,(H2,12,14);1H. The van der Waals surface area contributed by atoms with Gasteiger partial charge in [-0.25, -0.2) is 0 Å². The molecule has 2 N–H and O–H groups in total. The van der Waals surface area contributed by atoms with Gasteiger partial charge in [0, 0.05) is 12.1 Å². The van der Waals surface area contributed by atoms with Gasteiger partial charge in [-0.2, -0.15) is 0 Å². The van der Waals surface area contributed by atoms with Gasteiger partial charge in [-0.3, -0.25) is 4.79 Å². The lowest BCUT2D eigenvalue weighted by molar-refractivity contribution is 0.0999. The third-order valence-corrected chi connectivity index (χ3v) is 2.11. The summed E-state index contributed by atoms with van der Waals surface area (Å²) in [6.07, 6.45) is 0.853. The van der Waals surface area contributed by atoms with Crippen LogP contribution in [0.5, 0.6) is 0 Å². The topological polar surface area (TPSA) is 46.3 Å². The van der Waals surface area contributed by atoms with E-state index >= 15 is 0 Å². The number of rotatable bonds is 4. The first-order valence-electron chi connectivity index (χ1n) is 4.63. The van der Waals surface area contributed by atoms with Crippen LogP contribution in [0.3, 0.4) is 0 Å². The van der Waals surface area contributed by atoms with Crippen LogP contribution in [-0.2, 0) is 6.42 Å². The first-order valence-corrected chi connectivity index (χ1v) is 4.63. The number of amides is 1. The van der Waals surface area contributed by atoms with Crippen LogP contribution in [0.2, 0.25) is 0 Å². The summed E-state index contributed by atoms with van der Waals surface area (Å²) >= 11 is 0. The summed E-state index contributed by atoms with van der Waals surface area (Å²) in [6.45, 7) is 0.921. The average molecular weight is 229 g/mol. The molecule has 0 heterocycles. The van der Waals surface area contributed by atoms with Crippen LogP contribution in [0.1, 0.15) is 15.9 Å². The van der Waals surface area contributed by atoms with Gasteiger partial charge in [0.1, 0.15) is 0 Å². The SMILES string of the molecule is CN(C)CCc1ccccc1C(N)=O.Cl. The van der Waals surface area contributed by atoms with E-state index in [0.717, 1.165) is 18.5 Å². The fourth-order valence-electron chi connectivity index (χ4n) is 1.32. The second-order valence-corrected chi connectivity index (χ2v) is 3.57. The summed E-state index contributed by atoms with van der Waals surface area (Å²) in [4.78, 5) is 13.2. The van der Waals surface area contributed by atoms with Crippen LogP contribution < -0.4 is 5.73 Å². The minimum absolute atomic E-state index is 0. The monoisotopic (exact) mass is 228 g/mol.